The summed E-state index contributed by atoms with van der Waals surface area (Å²) in [7, 11) is 0. The van der Waals surface area contributed by atoms with E-state index in [1.54, 1.807) is 0 Å². The van der Waals surface area contributed by atoms with E-state index in [4.69, 9.17) is 0 Å². The van der Waals surface area contributed by atoms with Gasteiger partial charge in [0.15, 0.2) is 0 Å². The highest BCUT2D eigenvalue weighted by atomic mass is 16.1. The van der Waals surface area contributed by atoms with Gasteiger partial charge in [0.05, 0.1) is 0 Å². The standard InChI is InChI=1S/C15H22N2O/c18-15(14-8-3-1-4-9-14)16-10-7-13-17-11-5-2-6-12-17/h1,3-4,8-9H,2,5-7,10-13H2,(H,16,18). The first-order chi connectivity index (χ1) is 8.86. The Hall–Kier alpha value is -1.35. The minimum Gasteiger partial charge on any atom is -0.352 e. The van der Waals surface area contributed by atoms with E-state index in [9.17, 15) is 4.79 Å². The summed E-state index contributed by atoms with van der Waals surface area (Å²) in [6.07, 6.45) is 5.08. The molecule has 0 saturated carbocycles. The van der Waals surface area contributed by atoms with Crippen LogP contribution in [0.4, 0.5) is 0 Å². The Morgan fingerprint density at radius 1 is 1.11 bits per heavy atom. The van der Waals surface area contributed by atoms with Gasteiger partial charge < -0.3 is 10.2 Å². The van der Waals surface area contributed by atoms with Crippen LogP contribution in [0.3, 0.4) is 0 Å². The number of hydrogen-bond donors (Lipinski definition) is 1. The Bertz CT molecular complexity index is 358. The maximum atomic E-state index is 11.8. The van der Waals surface area contributed by atoms with Crippen molar-refractivity contribution in [1.29, 1.82) is 0 Å². The SMILES string of the molecule is O=C(NCCCN1CCCCC1)c1ccccc1. The molecular formula is C15H22N2O. The molecule has 0 bridgehead atoms. The van der Waals surface area contributed by atoms with Crippen LogP contribution in [0.1, 0.15) is 36.0 Å². The summed E-state index contributed by atoms with van der Waals surface area (Å²) in [5.41, 5.74) is 0.746. The number of benzene rings is 1. The molecule has 0 spiro atoms. The zero-order valence-electron chi connectivity index (χ0n) is 10.9. The largest absolute Gasteiger partial charge is 0.352 e. The first-order valence-corrected chi connectivity index (χ1v) is 6.92. The van der Waals surface area contributed by atoms with Gasteiger partial charge in [0.1, 0.15) is 0 Å². The second-order valence-corrected chi connectivity index (χ2v) is 4.88. The molecule has 3 nitrogen and oxygen atoms in total. The Kier molecular flexibility index (Phi) is 5.21. The molecular weight excluding hydrogens is 224 g/mol. The molecule has 98 valence electrons. The Morgan fingerprint density at radius 2 is 1.83 bits per heavy atom. The highest BCUT2D eigenvalue weighted by molar-refractivity contribution is 5.94. The third kappa shape index (κ3) is 4.15. The molecule has 0 unspecified atom stereocenters. The van der Waals surface area contributed by atoms with E-state index in [0.717, 1.165) is 25.1 Å². The van der Waals surface area contributed by atoms with Crippen molar-refractivity contribution in [3.8, 4) is 0 Å². The van der Waals surface area contributed by atoms with Crippen molar-refractivity contribution < 1.29 is 4.79 Å². The second kappa shape index (κ2) is 7.17. The minimum absolute atomic E-state index is 0.0363. The lowest BCUT2D eigenvalue weighted by atomic mass is 10.1. The average molecular weight is 246 g/mol. The first-order valence-electron chi connectivity index (χ1n) is 6.92. The maximum absolute atomic E-state index is 11.8. The third-order valence-corrected chi connectivity index (χ3v) is 3.42. The number of rotatable bonds is 5. The van der Waals surface area contributed by atoms with Crippen molar-refractivity contribution in [2.45, 2.75) is 25.7 Å². The molecule has 1 aliphatic heterocycles. The van der Waals surface area contributed by atoms with Crippen LogP contribution in [0.2, 0.25) is 0 Å². The molecule has 0 atom stereocenters. The van der Waals surface area contributed by atoms with Crippen molar-refractivity contribution in [2.75, 3.05) is 26.2 Å². The number of amides is 1. The highest BCUT2D eigenvalue weighted by Gasteiger charge is 2.09. The van der Waals surface area contributed by atoms with Gasteiger partial charge in [-0.1, -0.05) is 24.6 Å². The lowest BCUT2D eigenvalue weighted by molar-refractivity contribution is 0.0951. The van der Waals surface area contributed by atoms with Crippen LogP contribution < -0.4 is 5.32 Å². The van der Waals surface area contributed by atoms with Crippen LogP contribution in [0.5, 0.6) is 0 Å². The van der Waals surface area contributed by atoms with Crippen molar-refractivity contribution in [3.63, 3.8) is 0 Å². The van der Waals surface area contributed by atoms with Gasteiger partial charge in [0.25, 0.3) is 5.91 Å². The quantitative estimate of drug-likeness (QED) is 0.808. The molecule has 1 N–H and O–H groups in total. The lowest BCUT2D eigenvalue weighted by Crippen LogP contribution is -2.33. The number of hydrogen-bond acceptors (Lipinski definition) is 2. The second-order valence-electron chi connectivity index (χ2n) is 4.88. The summed E-state index contributed by atoms with van der Waals surface area (Å²) in [4.78, 5) is 14.3. The molecule has 0 aromatic heterocycles. The topological polar surface area (TPSA) is 32.3 Å². The van der Waals surface area contributed by atoms with Crippen LogP contribution in [0, 0.1) is 0 Å². The van der Waals surface area contributed by atoms with E-state index in [1.165, 1.54) is 32.4 Å². The molecule has 1 heterocycles. The van der Waals surface area contributed by atoms with Crippen LogP contribution in [0.15, 0.2) is 30.3 Å². The molecule has 2 rings (SSSR count). The van der Waals surface area contributed by atoms with Gasteiger partial charge in [-0.2, -0.15) is 0 Å². The number of carbonyl (C=O) groups excluding carboxylic acids is 1. The number of carbonyl (C=O) groups is 1. The Morgan fingerprint density at radius 3 is 2.56 bits per heavy atom. The first kappa shape index (κ1) is 13.1. The fourth-order valence-corrected chi connectivity index (χ4v) is 2.38. The molecule has 18 heavy (non-hydrogen) atoms. The molecule has 0 aliphatic carbocycles. The van der Waals surface area contributed by atoms with Crippen molar-refractivity contribution in [3.05, 3.63) is 35.9 Å². The predicted molar refractivity (Wildman–Crippen MR) is 73.7 cm³/mol. The van der Waals surface area contributed by atoms with Crippen LogP contribution >= 0.6 is 0 Å². The molecule has 1 amide bonds. The van der Waals surface area contributed by atoms with Gasteiger partial charge in [-0.05, 0) is 51.0 Å². The summed E-state index contributed by atoms with van der Waals surface area (Å²) in [6.45, 7) is 4.33. The number of likely N-dealkylation sites (tertiary alicyclic amines) is 1. The van der Waals surface area contributed by atoms with Gasteiger partial charge in [-0.3, -0.25) is 4.79 Å². The normalized spacial score (nSPS) is 16.4. The average Bonchev–Trinajstić information content (AvgIpc) is 2.45. The molecule has 3 heteroatoms. The van der Waals surface area contributed by atoms with Crippen LogP contribution in [0.25, 0.3) is 0 Å². The van der Waals surface area contributed by atoms with E-state index in [2.05, 4.69) is 10.2 Å². The monoisotopic (exact) mass is 246 g/mol. The van der Waals surface area contributed by atoms with E-state index in [-0.39, 0.29) is 5.91 Å². The van der Waals surface area contributed by atoms with Crippen LogP contribution in [-0.2, 0) is 0 Å². The summed E-state index contributed by atoms with van der Waals surface area (Å²) in [5, 5.41) is 2.97. The van der Waals surface area contributed by atoms with Crippen molar-refractivity contribution in [1.82, 2.24) is 10.2 Å². The summed E-state index contributed by atoms with van der Waals surface area (Å²) in [5.74, 6) is 0.0363. The van der Waals surface area contributed by atoms with Gasteiger partial charge in [-0.25, -0.2) is 0 Å². The van der Waals surface area contributed by atoms with Crippen molar-refractivity contribution in [2.24, 2.45) is 0 Å². The van der Waals surface area contributed by atoms with E-state index >= 15 is 0 Å². The molecule has 1 fully saturated rings. The summed E-state index contributed by atoms with van der Waals surface area (Å²) < 4.78 is 0. The van der Waals surface area contributed by atoms with Crippen LogP contribution in [-0.4, -0.2) is 37.0 Å². The lowest BCUT2D eigenvalue weighted by Gasteiger charge is -2.26. The Labute approximate surface area is 109 Å². The number of piperidine rings is 1. The summed E-state index contributed by atoms with van der Waals surface area (Å²) in [6, 6.07) is 9.40. The smallest absolute Gasteiger partial charge is 0.251 e. The molecule has 1 aromatic rings. The van der Waals surface area contributed by atoms with E-state index in [0.29, 0.717) is 0 Å². The molecule has 1 saturated heterocycles. The molecule has 0 radical (unpaired) electrons. The van der Waals surface area contributed by atoms with Gasteiger partial charge in [-0.15, -0.1) is 0 Å². The summed E-state index contributed by atoms with van der Waals surface area (Å²) >= 11 is 0. The van der Waals surface area contributed by atoms with E-state index in [1.807, 2.05) is 30.3 Å². The van der Waals surface area contributed by atoms with E-state index < -0.39 is 0 Å². The zero-order valence-corrected chi connectivity index (χ0v) is 10.9. The molecule has 1 aliphatic rings. The Balaban J connectivity index is 1.62. The van der Waals surface area contributed by atoms with Gasteiger partial charge in [0, 0.05) is 12.1 Å². The number of nitrogens with one attached hydrogen (secondary N) is 1. The minimum atomic E-state index is 0.0363. The number of nitrogens with zero attached hydrogens (tertiary/aromatic N) is 1. The fraction of sp³-hybridized carbons (Fsp3) is 0.533. The zero-order chi connectivity index (χ0) is 12.6. The van der Waals surface area contributed by atoms with Crippen molar-refractivity contribution >= 4 is 5.91 Å². The highest BCUT2D eigenvalue weighted by Crippen LogP contribution is 2.08. The molecule has 1 aromatic carbocycles. The fourth-order valence-electron chi connectivity index (χ4n) is 2.38. The van der Waals surface area contributed by atoms with Gasteiger partial charge >= 0.3 is 0 Å². The predicted octanol–water partition coefficient (Wildman–Crippen LogP) is 2.29. The maximum Gasteiger partial charge on any atom is 0.251 e. The third-order valence-electron chi connectivity index (χ3n) is 3.42. The van der Waals surface area contributed by atoms with Gasteiger partial charge in [0.2, 0.25) is 0 Å².